The molecule has 3 heteroatoms. The molecule has 0 saturated carbocycles. The highest BCUT2D eigenvalue weighted by atomic mass is 14.9. The van der Waals surface area contributed by atoms with Gasteiger partial charge in [-0.3, -0.25) is 0 Å². The molecule has 4 N–H and O–H groups in total. The molecule has 0 aromatic carbocycles. The molecule has 152 valence electrons. The maximum absolute atomic E-state index is 5.50. The van der Waals surface area contributed by atoms with E-state index in [4.69, 9.17) is 5.73 Å². The van der Waals surface area contributed by atoms with Crippen molar-refractivity contribution in [2.45, 2.75) is 104 Å². The van der Waals surface area contributed by atoms with Gasteiger partial charge in [0.15, 0.2) is 0 Å². The summed E-state index contributed by atoms with van der Waals surface area (Å²) in [4.78, 5) is 0. The van der Waals surface area contributed by atoms with E-state index in [0.29, 0.717) is 0 Å². The predicted molar refractivity (Wildman–Crippen MR) is 114 cm³/mol. The molecule has 0 spiro atoms. The highest BCUT2D eigenvalue weighted by molar-refractivity contribution is 4.65. The van der Waals surface area contributed by atoms with Crippen LogP contribution in [0.15, 0.2) is 0 Å². The Morgan fingerprint density at radius 1 is 0.600 bits per heavy atom. The predicted octanol–water partition coefficient (Wildman–Crippen LogP) is 5.24. The molecule has 0 radical (unpaired) electrons. The maximum Gasteiger partial charge on any atom is 0.00772 e. The van der Waals surface area contributed by atoms with E-state index >= 15 is 0 Å². The highest BCUT2D eigenvalue weighted by Crippen LogP contribution is 2.18. The summed E-state index contributed by atoms with van der Waals surface area (Å²) in [6, 6.07) is 0. The van der Waals surface area contributed by atoms with E-state index in [2.05, 4.69) is 24.5 Å². The maximum atomic E-state index is 5.50. The van der Waals surface area contributed by atoms with E-state index in [9.17, 15) is 0 Å². The van der Waals surface area contributed by atoms with E-state index in [0.717, 1.165) is 32.1 Å². The van der Waals surface area contributed by atoms with Gasteiger partial charge in [0.25, 0.3) is 0 Å². The zero-order valence-corrected chi connectivity index (χ0v) is 17.6. The second-order valence-electron chi connectivity index (χ2n) is 7.72. The molecule has 1 atom stereocenters. The summed E-state index contributed by atoms with van der Waals surface area (Å²) in [6.45, 7) is 9.57. The van der Waals surface area contributed by atoms with E-state index < -0.39 is 0 Å². The summed E-state index contributed by atoms with van der Waals surface area (Å²) in [6.07, 6.45) is 19.8. The Bertz CT molecular complexity index is 233. The van der Waals surface area contributed by atoms with Gasteiger partial charge in [0, 0.05) is 26.2 Å². The Morgan fingerprint density at radius 3 is 1.60 bits per heavy atom. The molecular weight excluding hydrogens is 306 g/mol. The third kappa shape index (κ3) is 20.0. The number of nitrogens with two attached hydrogens (primary N) is 1. The minimum atomic E-state index is 0.735. The first kappa shape index (κ1) is 24.9. The van der Waals surface area contributed by atoms with Crippen LogP contribution >= 0.6 is 0 Å². The molecule has 0 heterocycles. The van der Waals surface area contributed by atoms with Gasteiger partial charge in [0.05, 0.1) is 0 Å². The topological polar surface area (TPSA) is 50.1 Å². The lowest BCUT2D eigenvalue weighted by molar-refractivity contribution is 0.381. The minimum absolute atomic E-state index is 0.735. The van der Waals surface area contributed by atoms with Crippen molar-refractivity contribution in [1.82, 2.24) is 10.6 Å². The van der Waals surface area contributed by atoms with Crippen molar-refractivity contribution in [3.8, 4) is 0 Å². The van der Waals surface area contributed by atoms with Crippen molar-refractivity contribution in [3.05, 3.63) is 0 Å². The van der Waals surface area contributed by atoms with Crippen LogP contribution in [0.25, 0.3) is 0 Å². The van der Waals surface area contributed by atoms with Crippen molar-refractivity contribution in [2.75, 3.05) is 32.7 Å². The van der Waals surface area contributed by atoms with Crippen LogP contribution in [-0.4, -0.2) is 32.7 Å². The van der Waals surface area contributed by atoms with Gasteiger partial charge in [0.1, 0.15) is 0 Å². The molecule has 1 unspecified atom stereocenters. The summed E-state index contributed by atoms with van der Waals surface area (Å²) in [5.74, 6) is 0.881. The first-order valence-electron chi connectivity index (χ1n) is 11.5. The Hall–Kier alpha value is -0.120. The molecule has 0 rings (SSSR count). The summed E-state index contributed by atoms with van der Waals surface area (Å²) < 4.78 is 0. The molecule has 0 amide bonds. The first-order valence-corrected chi connectivity index (χ1v) is 11.5. The molecule has 0 aromatic rings. The van der Waals surface area contributed by atoms with Crippen LogP contribution in [0.2, 0.25) is 0 Å². The van der Waals surface area contributed by atoms with Gasteiger partial charge in [-0.1, -0.05) is 90.9 Å². The van der Waals surface area contributed by atoms with Gasteiger partial charge >= 0.3 is 0 Å². The van der Waals surface area contributed by atoms with Crippen LogP contribution in [0.3, 0.4) is 0 Å². The standard InChI is InChI=1S/C22H49N3/c1-3-5-7-9-10-12-14-16-22(15-13-11-8-6-4-2)21-25-20-19-24-18-17-23/h22,24-25H,3-21,23H2,1-2H3. The second-order valence-corrected chi connectivity index (χ2v) is 7.72. The van der Waals surface area contributed by atoms with Gasteiger partial charge in [0.2, 0.25) is 0 Å². The third-order valence-corrected chi connectivity index (χ3v) is 5.16. The molecule has 0 fully saturated rings. The number of rotatable bonds is 21. The molecule has 0 aliphatic carbocycles. The van der Waals surface area contributed by atoms with Gasteiger partial charge in [-0.2, -0.15) is 0 Å². The molecule has 0 saturated heterocycles. The third-order valence-electron chi connectivity index (χ3n) is 5.16. The van der Waals surface area contributed by atoms with Crippen LogP contribution in [0.4, 0.5) is 0 Å². The smallest absolute Gasteiger partial charge is 0.00772 e. The minimum Gasteiger partial charge on any atom is -0.329 e. The van der Waals surface area contributed by atoms with E-state index in [-0.39, 0.29) is 0 Å². The fourth-order valence-corrected chi connectivity index (χ4v) is 3.49. The molecule has 25 heavy (non-hydrogen) atoms. The van der Waals surface area contributed by atoms with Crippen LogP contribution in [0, 0.1) is 5.92 Å². The van der Waals surface area contributed by atoms with Crippen molar-refractivity contribution in [3.63, 3.8) is 0 Å². The number of hydrogen-bond donors (Lipinski definition) is 3. The van der Waals surface area contributed by atoms with Gasteiger partial charge < -0.3 is 16.4 Å². The van der Waals surface area contributed by atoms with Crippen molar-refractivity contribution in [1.29, 1.82) is 0 Å². The lowest BCUT2D eigenvalue weighted by Crippen LogP contribution is -2.33. The van der Waals surface area contributed by atoms with Crippen LogP contribution < -0.4 is 16.4 Å². The van der Waals surface area contributed by atoms with Crippen LogP contribution in [-0.2, 0) is 0 Å². The number of unbranched alkanes of at least 4 members (excludes halogenated alkanes) is 10. The summed E-state index contributed by atoms with van der Waals surface area (Å²) in [5, 5.41) is 7.03. The number of hydrogen-bond acceptors (Lipinski definition) is 3. The molecule has 3 nitrogen and oxygen atoms in total. The normalized spacial score (nSPS) is 12.6. The summed E-state index contributed by atoms with van der Waals surface area (Å²) >= 11 is 0. The zero-order chi connectivity index (χ0) is 18.4. The lowest BCUT2D eigenvalue weighted by Gasteiger charge is -2.18. The van der Waals surface area contributed by atoms with Crippen molar-refractivity contribution < 1.29 is 0 Å². The highest BCUT2D eigenvalue weighted by Gasteiger charge is 2.08. The number of nitrogens with one attached hydrogen (secondary N) is 2. The Morgan fingerprint density at radius 2 is 1.08 bits per heavy atom. The van der Waals surface area contributed by atoms with E-state index in [1.165, 1.54) is 96.4 Å². The summed E-state index contributed by atoms with van der Waals surface area (Å²) in [7, 11) is 0. The SMILES string of the molecule is CCCCCCCCCC(CCCCCCC)CNCCNCCN. The summed E-state index contributed by atoms with van der Waals surface area (Å²) in [5.41, 5.74) is 5.50. The zero-order valence-electron chi connectivity index (χ0n) is 17.6. The average molecular weight is 356 g/mol. The molecule has 0 aliphatic heterocycles. The van der Waals surface area contributed by atoms with Gasteiger partial charge in [-0.25, -0.2) is 0 Å². The van der Waals surface area contributed by atoms with Gasteiger partial charge in [-0.15, -0.1) is 0 Å². The lowest BCUT2D eigenvalue weighted by atomic mass is 9.94. The van der Waals surface area contributed by atoms with Crippen molar-refractivity contribution in [2.24, 2.45) is 11.7 Å². The second kappa shape index (κ2) is 21.9. The fourth-order valence-electron chi connectivity index (χ4n) is 3.49. The molecular formula is C22H49N3. The Balaban J connectivity index is 3.74. The molecule has 0 aromatic heterocycles. The van der Waals surface area contributed by atoms with Gasteiger partial charge in [-0.05, 0) is 25.3 Å². The molecule has 0 aliphatic rings. The average Bonchev–Trinajstić information content (AvgIpc) is 2.62. The van der Waals surface area contributed by atoms with E-state index in [1.807, 2.05) is 0 Å². The Labute approximate surface area is 159 Å². The van der Waals surface area contributed by atoms with Crippen molar-refractivity contribution >= 4 is 0 Å². The monoisotopic (exact) mass is 355 g/mol. The van der Waals surface area contributed by atoms with Crippen LogP contribution in [0.5, 0.6) is 0 Å². The van der Waals surface area contributed by atoms with Crippen LogP contribution in [0.1, 0.15) is 104 Å². The Kier molecular flexibility index (Phi) is 21.8. The van der Waals surface area contributed by atoms with E-state index in [1.54, 1.807) is 0 Å². The molecule has 0 bridgehead atoms. The fraction of sp³-hybridized carbons (Fsp3) is 1.00. The largest absolute Gasteiger partial charge is 0.329 e. The quantitative estimate of drug-likeness (QED) is 0.247. The first-order chi connectivity index (χ1) is 12.3.